The normalized spacial score (nSPS) is 51.0. The van der Waals surface area contributed by atoms with Crippen LogP contribution in [-0.2, 0) is 14.3 Å². The maximum absolute atomic E-state index is 11.5. The molecule has 4 aliphatic rings. The zero-order valence-corrected chi connectivity index (χ0v) is 8.63. The molecule has 2 bridgehead atoms. The molecule has 0 amide bonds. The van der Waals surface area contributed by atoms with Gasteiger partial charge in [0, 0.05) is 5.41 Å². The number of esters is 1. The lowest BCUT2D eigenvalue weighted by Crippen LogP contribution is -2.57. The number of halogens is 1. The van der Waals surface area contributed by atoms with Gasteiger partial charge in [0.2, 0.25) is 5.24 Å². The molecule has 0 N–H and O–H groups in total. The second-order valence-corrected chi connectivity index (χ2v) is 5.07. The number of carbonyl (C=O) groups excluding carboxylic acids is 2. The van der Waals surface area contributed by atoms with E-state index in [2.05, 4.69) is 0 Å². The molecular weight excluding hydrogens is 204 g/mol. The summed E-state index contributed by atoms with van der Waals surface area (Å²) in [5.74, 6) is 0.0685. The number of ether oxygens (including phenoxy) is 1. The van der Waals surface area contributed by atoms with Gasteiger partial charge in [-0.2, -0.15) is 0 Å². The average Bonchev–Trinajstić information content (AvgIpc) is 2.44. The molecule has 0 aromatic carbocycles. The fourth-order valence-corrected chi connectivity index (χ4v) is 4.00. The SMILES string of the molecule is CCOC(=O)[C@H]1C2C3(C(=O)Cl)CC21C3. The Morgan fingerprint density at radius 2 is 2.14 bits per heavy atom. The monoisotopic (exact) mass is 214 g/mol. The molecule has 0 aromatic heterocycles. The van der Waals surface area contributed by atoms with E-state index in [0.717, 1.165) is 12.8 Å². The van der Waals surface area contributed by atoms with Gasteiger partial charge in [0.25, 0.3) is 0 Å². The third-order valence-corrected chi connectivity index (χ3v) is 4.66. The predicted octanol–water partition coefficient (Wildman–Crippen LogP) is 1.34. The summed E-state index contributed by atoms with van der Waals surface area (Å²) in [5.41, 5.74) is -0.199. The Labute approximate surface area is 86.7 Å². The highest BCUT2D eigenvalue weighted by molar-refractivity contribution is 6.65. The first-order valence-electron chi connectivity index (χ1n) is 4.95. The summed E-state index contributed by atoms with van der Waals surface area (Å²) < 4.78 is 4.97. The van der Waals surface area contributed by atoms with Crippen molar-refractivity contribution in [1.29, 1.82) is 0 Å². The Kier molecular flexibility index (Phi) is 1.34. The summed E-state index contributed by atoms with van der Waals surface area (Å²) >= 11 is 5.53. The van der Waals surface area contributed by atoms with Crippen molar-refractivity contribution in [3.8, 4) is 0 Å². The molecule has 4 fully saturated rings. The second-order valence-electron chi connectivity index (χ2n) is 4.72. The van der Waals surface area contributed by atoms with Crippen LogP contribution in [0.3, 0.4) is 0 Å². The molecule has 0 aromatic rings. The number of hydrogen-bond donors (Lipinski definition) is 0. The highest BCUT2D eigenvalue weighted by Crippen LogP contribution is 2.95. The van der Waals surface area contributed by atoms with Crippen LogP contribution in [0.1, 0.15) is 19.8 Å². The van der Waals surface area contributed by atoms with Crippen LogP contribution in [0.15, 0.2) is 0 Å². The first kappa shape index (κ1) is 8.72. The van der Waals surface area contributed by atoms with Crippen molar-refractivity contribution in [3.63, 3.8) is 0 Å². The minimum Gasteiger partial charge on any atom is -0.466 e. The van der Waals surface area contributed by atoms with Gasteiger partial charge in [0.1, 0.15) is 0 Å². The minimum absolute atomic E-state index is 0.0230. The standard InChI is InChI=1S/C10H11ClO3/c1-2-14-7(12)5-6-9(5)3-10(6,4-9)8(11)13/h5-6H,2-4H2,1H3/t5-,6?,9?,10?/m1/s1. The van der Waals surface area contributed by atoms with Crippen molar-refractivity contribution >= 4 is 22.8 Å². The quantitative estimate of drug-likeness (QED) is 0.526. The molecule has 4 saturated carbocycles. The molecule has 1 unspecified atom stereocenters. The Balaban J connectivity index is 1.75. The molecule has 0 heterocycles. The zero-order chi connectivity index (χ0) is 10.1. The van der Waals surface area contributed by atoms with Crippen LogP contribution in [-0.4, -0.2) is 17.8 Å². The van der Waals surface area contributed by atoms with E-state index < -0.39 is 0 Å². The summed E-state index contributed by atoms with van der Waals surface area (Å²) in [6, 6.07) is 0. The van der Waals surface area contributed by atoms with Gasteiger partial charge in [0.15, 0.2) is 0 Å². The van der Waals surface area contributed by atoms with Crippen LogP contribution < -0.4 is 0 Å². The fraction of sp³-hybridized carbons (Fsp3) is 0.800. The summed E-state index contributed by atoms with van der Waals surface area (Å²) in [6.07, 6.45) is 1.63. The van der Waals surface area contributed by atoms with Crippen molar-refractivity contribution in [2.75, 3.05) is 6.61 Å². The van der Waals surface area contributed by atoms with Crippen LogP contribution in [0, 0.1) is 22.7 Å². The largest absolute Gasteiger partial charge is 0.466 e. The third kappa shape index (κ3) is 0.630. The molecule has 4 heteroatoms. The van der Waals surface area contributed by atoms with E-state index in [1.54, 1.807) is 6.92 Å². The predicted molar refractivity (Wildman–Crippen MR) is 48.6 cm³/mol. The molecule has 4 rings (SSSR count). The maximum atomic E-state index is 11.5. The molecule has 0 saturated heterocycles. The van der Waals surface area contributed by atoms with Gasteiger partial charge in [-0.3, -0.25) is 9.59 Å². The lowest BCUT2D eigenvalue weighted by atomic mass is 9.45. The molecule has 0 aliphatic heterocycles. The fourth-order valence-electron chi connectivity index (χ4n) is 3.75. The first-order chi connectivity index (χ1) is 6.58. The second kappa shape index (κ2) is 2.16. The van der Waals surface area contributed by atoms with E-state index in [1.807, 2.05) is 0 Å². The third-order valence-electron chi connectivity index (χ3n) is 4.28. The van der Waals surface area contributed by atoms with Crippen molar-refractivity contribution in [1.82, 2.24) is 0 Å². The van der Waals surface area contributed by atoms with E-state index in [9.17, 15) is 9.59 Å². The highest BCUT2D eigenvalue weighted by atomic mass is 35.5. The van der Waals surface area contributed by atoms with Gasteiger partial charge in [-0.05, 0) is 42.7 Å². The maximum Gasteiger partial charge on any atom is 0.309 e. The van der Waals surface area contributed by atoms with Crippen LogP contribution in [0.2, 0.25) is 0 Å². The highest BCUT2D eigenvalue weighted by Gasteiger charge is 2.95. The molecule has 4 aliphatic carbocycles. The van der Waals surface area contributed by atoms with Crippen molar-refractivity contribution in [2.45, 2.75) is 19.8 Å². The topological polar surface area (TPSA) is 43.4 Å². The summed E-state index contributed by atoms with van der Waals surface area (Å²) in [5, 5.41) is -0.254. The van der Waals surface area contributed by atoms with Gasteiger partial charge in [0.05, 0.1) is 12.5 Å². The van der Waals surface area contributed by atoms with Crippen LogP contribution in [0.4, 0.5) is 0 Å². The smallest absolute Gasteiger partial charge is 0.309 e. The van der Waals surface area contributed by atoms with E-state index in [0.29, 0.717) is 6.61 Å². The summed E-state index contributed by atoms with van der Waals surface area (Å²) in [4.78, 5) is 22.6. The number of rotatable bonds is 3. The Morgan fingerprint density at radius 1 is 1.50 bits per heavy atom. The number of carbonyl (C=O) groups is 2. The van der Waals surface area contributed by atoms with Crippen LogP contribution in [0.5, 0.6) is 0 Å². The molecule has 3 nitrogen and oxygen atoms in total. The Morgan fingerprint density at radius 3 is 2.57 bits per heavy atom. The van der Waals surface area contributed by atoms with Gasteiger partial charge < -0.3 is 4.74 Å². The van der Waals surface area contributed by atoms with Crippen molar-refractivity contribution in [2.24, 2.45) is 22.7 Å². The van der Waals surface area contributed by atoms with Gasteiger partial charge >= 0.3 is 5.97 Å². The molecule has 14 heavy (non-hydrogen) atoms. The van der Waals surface area contributed by atoms with Crippen molar-refractivity contribution < 1.29 is 14.3 Å². The number of hydrogen-bond acceptors (Lipinski definition) is 3. The Hall–Kier alpha value is -0.570. The molecular formula is C10H11ClO3. The van der Waals surface area contributed by atoms with E-state index in [4.69, 9.17) is 16.3 Å². The lowest BCUT2D eigenvalue weighted by molar-refractivity contribution is -0.157. The van der Waals surface area contributed by atoms with Gasteiger partial charge in [-0.15, -0.1) is 0 Å². The van der Waals surface area contributed by atoms with Crippen LogP contribution >= 0.6 is 11.6 Å². The van der Waals surface area contributed by atoms with Gasteiger partial charge in [-0.1, -0.05) is 0 Å². The minimum atomic E-state index is -0.334. The average molecular weight is 215 g/mol. The Bertz CT molecular complexity index is 343. The van der Waals surface area contributed by atoms with Crippen molar-refractivity contribution in [3.05, 3.63) is 0 Å². The van der Waals surface area contributed by atoms with Crippen LogP contribution in [0.25, 0.3) is 0 Å². The van der Waals surface area contributed by atoms with Gasteiger partial charge in [-0.25, -0.2) is 0 Å². The molecule has 2 atom stereocenters. The first-order valence-corrected chi connectivity index (χ1v) is 5.33. The summed E-state index contributed by atoms with van der Waals surface area (Å²) in [7, 11) is 0. The molecule has 1 spiro atoms. The van der Waals surface area contributed by atoms with E-state index in [1.165, 1.54) is 0 Å². The molecule has 0 radical (unpaired) electrons. The zero-order valence-electron chi connectivity index (χ0n) is 7.88. The van der Waals surface area contributed by atoms with E-state index >= 15 is 0 Å². The summed E-state index contributed by atoms with van der Waals surface area (Å²) in [6.45, 7) is 2.21. The lowest BCUT2D eigenvalue weighted by Gasteiger charge is -2.58. The molecule has 76 valence electrons. The van der Waals surface area contributed by atoms with E-state index in [-0.39, 0.29) is 33.9 Å².